The number of nitrogens with zero attached hydrogens (tertiary/aromatic N) is 2. The fraction of sp³-hybridized carbons (Fsp3) is 0. The Morgan fingerprint density at radius 3 is 2.25 bits per heavy atom. The van der Waals surface area contributed by atoms with Gasteiger partial charge in [-0.2, -0.15) is 10.5 Å². The number of hydrogen-bond donors (Lipinski definition) is 1. The van der Waals surface area contributed by atoms with E-state index in [4.69, 9.17) is 16.3 Å². The van der Waals surface area contributed by atoms with E-state index < -0.39 is 7.92 Å². The molecule has 2 aromatic rings. The summed E-state index contributed by atoms with van der Waals surface area (Å²) in [5.74, 6) is 4.07. The van der Waals surface area contributed by atoms with Crippen LogP contribution in [0.15, 0.2) is 36.4 Å². The van der Waals surface area contributed by atoms with Crippen molar-refractivity contribution in [3.05, 3.63) is 36.4 Å². The van der Waals surface area contributed by atoms with Crippen LogP contribution in [0.1, 0.15) is 0 Å². The molecular weight excluding hydrogens is 217 g/mol. The third-order valence-corrected chi connectivity index (χ3v) is 3.61. The zero-order chi connectivity index (χ0) is 11.5. The van der Waals surface area contributed by atoms with E-state index in [2.05, 4.69) is 0 Å². The van der Waals surface area contributed by atoms with E-state index in [1.54, 1.807) is 12.1 Å². The first-order valence-corrected chi connectivity index (χ1v) is 5.99. The Hall–Kier alpha value is -2.09. The average Bonchev–Trinajstić information content (AvgIpc) is 2.31. The molecule has 0 heterocycles. The Morgan fingerprint density at radius 1 is 1.00 bits per heavy atom. The number of anilines is 1. The summed E-state index contributed by atoms with van der Waals surface area (Å²) in [5.41, 5.74) is 6.51. The Kier molecular flexibility index (Phi) is 2.73. The van der Waals surface area contributed by atoms with Crippen molar-refractivity contribution in [3.63, 3.8) is 0 Å². The zero-order valence-corrected chi connectivity index (χ0v) is 9.28. The molecule has 0 unspecified atom stereocenters. The van der Waals surface area contributed by atoms with E-state index in [0.717, 1.165) is 16.1 Å². The molecule has 2 N–H and O–H groups in total. The minimum Gasteiger partial charge on any atom is -0.398 e. The molecule has 0 aromatic heterocycles. The highest BCUT2D eigenvalue weighted by molar-refractivity contribution is 7.75. The standard InChI is InChI=1S/C12H8N3P/c13-7-16(8-14)11-6-2-4-9-3-1-5-10(15)12(9)11/h1-6H,15H2. The van der Waals surface area contributed by atoms with Gasteiger partial charge in [-0.25, -0.2) is 0 Å². The Morgan fingerprint density at radius 2 is 1.62 bits per heavy atom. The van der Waals surface area contributed by atoms with Crippen LogP contribution in [-0.4, -0.2) is 0 Å². The van der Waals surface area contributed by atoms with Crippen LogP contribution >= 0.6 is 7.92 Å². The van der Waals surface area contributed by atoms with Crippen LogP contribution in [0.25, 0.3) is 10.8 Å². The Labute approximate surface area is 94.5 Å². The third-order valence-electron chi connectivity index (χ3n) is 2.36. The molecule has 0 aliphatic carbocycles. The van der Waals surface area contributed by atoms with Crippen molar-refractivity contribution in [2.45, 2.75) is 0 Å². The van der Waals surface area contributed by atoms with Crippen molar-refractivity contribution < 1.29 is 0 Å². The molecule has 0 fully saturated rings. The van der Waals surface area contributed by atoms with Gasteiger partial charge in [0, 0.05) is 16.4 Å². The first-order chi connectivity index (χ1) is 7.77. The number of fused-ring (bicyclic) bond motifs is 1. The Bertz CT molecular complexity index is 603. The first-order valence-electron chi connectivity index (χ1n) is 4.64. The molecule has 0 atom stereocenters. The van der Waals surface area contributed by atoms with Crippen LogP contribution in [0.3, 0.4) is 0 Å². The monoisotopic (exact) mass is 225 g/mol. The highest BCUT2D eigenvalue weighted by Crippen LogP contribution is 2.35. The van der Waals surface area contributed by atoms with Crippen LogP contribution in [0.4, 0.5) is 5.69 Å². The molecule has 0 amide bonds. The molecule has 0 radical (unpaired) electrons. The molecule has 16 heavy (non-hydrogen) atoms. The SMILES string of the molecule is N#CP(C#N)c1cccc2cccc(N)c12. The van der Waals surface area contributed by atoms with Gasteiger partial charge < -0.3 is 5.73 Å². The molecule has 0 bridgehead atoms. The van der Waals surface area contributed by atoms with Gasteiger partial charge in [-0.15, -0.1) is 0 Å². The summed E-state index contributed by atoms with van der Waals surface area (Å²) in [4.78, 5) is 0. The quantitative estimate of drug-likeness (QED) is 0.598. The molecule has 3 nitrogen and oxygen atoms in total. The van der Waals surface area contributed by atoms with Gasteiger partial charge in [0.2, 0.25) is 0 Å². The van der Waals surface area contributed by atoms with Crippen molar-refractivity contribution in [2.24, 2.45) is 0 Å². The highest BCUT2D eigenvalue weighted by atomic mass is 31.1. The summed E-state index contributed by atoms with van der Waals surface area (Å²) >= 11 is 0. The highest BCUT2D eigenvalue weighted by Gasteiger charge is 2.14. The summed E-state index contributed by atoms with van der Waals surface area (Å²) in [6, 6.07) is 11.2. The molecule has 0 aliphatic rings. The molecule has 2 aromatic carbocycles. The smallest absolute Gasteiger partial charge is 0.142 e. The largest absolute Gasteiger partial charge is 0.398 e. The van der Waals surface area contributed by atoms with Crippen molar-refractivity contribution in [2.75, 3.05) is 5.73 Å². The summed E-state index contributed by atoms with van der Waals surface area (Å²) in [7, 11) is -1.44. The summed E-state index contributed by atoms with van der Waals surface area (Å²) in [6.07, 6.45) is 0. The number of hydrogen-bond acceptors (Lipinski definition) is 3. The summed E-state index contributed by atoms with van der Waals surface area (Å²) in [6.45, 7) is 0. The fourth-order valence-corrected chi connectivity index (χ4v) is 2.64. The summed E-state index contributed by atoms with van der Waals surface area (Å²) < 4.78 is 0. The van der Waals surface area contributed by atoms with Gasteiger partial charge >= 0.3 is 0 Å². The first kappa shape index (κ1) is 10.4. The molecule has 76 valence electrons. The van der Waals surface area contributed by atoms with E-state index in [9.17, 15) is 0 Å². The molecule has 0 spiro atoms. The van der Waals surface area contributed by atoms with Gasteiger partial charge in [0.05, 0.1) is 0 Å². The van der Waals surface area contributed by atoms with Gasteiger partial charge in [0.15, 0.2) is 0 Å². The maximum Gasteiger partial charge on any atom is 0.142 e. The second-order valence-electron chi connectivity index (χ2n) is 3.26. The number of rotatable bonds is 1. The fourth-order valence-electron chi connectivity index (χ4n) is 1.67. The third kappa shape index (κ3) is 1.58. The van der Waals surface area contributed by atoms with Gasteiger partial charge in [-0.05, 0) is 11.5 Å². The number of benzene rings is 2. The van der Waals surface area contributed by atoms with E-state index in [1.165, 1.54) is 0 Å². The van der Waals surface area contributed by atoms with Crippen LogP contribution in [-0.2, 0) is 0 Å². The second kappa shape index (κ2) is 4.19. The van der Waals surface area contributed by atoms with Gasteiger partial charge in [-0.3, -0.25) is 0 Å². The van der Waals surface area contributed by atoms with Crippen LogP contribution in [0.2, 0.25) is 0 Å². The predicted octanol–water partition coefficient (Wildman–Crippen LogP) is 2.49. The number of nitrogens with two attached hydrogens (primary N) is 1. The maximum absolute atomic E-state index is 8.95. The van der Waals surface area contributed by atoms with Crippen LogP contribution in [0, 0.1) is 22.1 Å². The molecule has 0 saturated heterocycles. The molecular formula is C12H8N3P. The average molecular weight is 225 g/mol. The number of nitrogen functional groups attached to an aromatic ring is 1. The van der Waals surface area contributed by atoms with Crippen LogP contribution < -0.4 is 11.0 Å². The lowest BCUT2D eigenvalue weighted by molar-refractivity contribution is 1.55. The van der Waals surface area contributed by atoms with Crippen molar-refractivity contribution in [1.29, 1.82) is 10.5 Å². The maximum atomic E-state index is 8.95. The molecule has 2 rings (SSSR count). The molecule has 4 heteroatoms. The van der Waals surface area contributed by atoms with E-state index in [0.29, 0.717) is 5.69 Å². The second-order valence-corrected chi connectivity index (χ2v) is 4.81. The lowest BCUT2D eigenvalue weighted by atomic mass is 10.1. The Balaban J connectivity index is 2.82. The predicted molar refractivity (Wildman–Crippen MR) is 66.1 cm³/mol. The minimum atomic E-state index is -1.44. The van der Waals surface area contributed by atoms with Crippen molar-refractivity contribution in [3.8, 4) is 11.6 Å². The van der Waals surface area contributed by atoms with E-state index in [1.807, 2.05) is 35.9 Å². The van der Waals surface area contributed by atoms with Gasteiger partial charge in [-0.1, -0.05) is 30.3 Å². The number of nitriles is 2. The topological polar surface area (TPSA) is 73.6 Å². The zero-order valence-electron chi connectivity index (χ0n) is 8.38. The minimum absolute atomic E-state index is 0.617. The lowest BCUT2D eigenvalue weighted by Crippen LogP contribution is -2.03. The van der Waals surface area contributed by atoms with E-state index >= 15 is 0 Å². The van der Waals surface area contributed by atoms with Gasteiger partial charge in [0.25, 0.3) is 0 Å². The van der Waals surface area contributed by atoms with E-state index in [-0.39, 0.29) is 0 Å². The lowest BCUT2D eigenvalue weighted by Gasteiger charge is -2.08. The normalized spacial score (nSPS) is 9.94. The van der Waals surface area contributed by atoms with Crippen LogP contribution in [0.5, 0.6) is 0 Å². The van der Waals surface area contributed by atoms with Crippen molar-refractivity contribution in [1.82, 2.24) is 0 Å². The molecule has 0 aliphatic heterocycles. The van der Waals surface area contributed by atoms with Gasteiger partial charge in [0.1, 0.15) is 19.5 Å². The summed E-state index contributed by atoms with van der Waals surface area (Å²) in [5, 5.41) is 20.4. The molecule has 0 saturated carbocycles. The van der Waals surface area contributed by atoms with Crippen molar-refractivity contribution >= 4 is 29.7 Å².